The van der Waals surface area contributed by atoms with Crippen LogP contribution in [0.4, 0.5) is 0 Å². The van der Waals surface area contributed by atoms with Crippen molar-refractivity contribution in [3.8, 4) is 0 Å². The minimum atomic E-state index is -0.580. The van der Waals surface area contributed by atoms with Gasteiger partial charge in [0.15, 0.2) is 5.17 Å². The van der Waals surface area contributed by atoms with Crippen molar-refractivity contribution in [1.82, 2.24) is 4.90 Å². The van der Waals surface area contributed by atoms with E-state index in [1.165, 1.54) is 11.8 Å². The standard InChI is InChI=1S/C19H21ClN2O3S/c1-5-14-17(23)22-16(12-7-6-8-13(20)9-12)15(18(24)25-10(2)3)11(4)21-19(22)26-14/h6-10,14,16H,5H2,1-4H3. The molecule has 2 unspecified atom stereocenters. The number of nitrogens with zero attached hydrogens (tertiary/aromatic N) is 2. The third-order valence-corrected chi connectivity index (χ3v) is 5.80. The number of aliphatic imine (C=N–C) groups is 1. The molecule has 7 heteroatoms. The van der Waals surface area contributed by atoms with Crippen molar-refractivity contribution in [3.05, 3.63) is 46.1 Å². The molecule has 138 valence electrons. The van der Waals surface area contributed by atoms with Crippen molar-refractivity contribution in [2.24, 2.45) is 4.99 Å². The molecule has 1 aromatic carbocycles. The highest BCUT2D eigenvalue weighted by Gasteiger charge is 2.47. The van der Waals surface area contributed by atoms with Crippen LogP contribution in [-0.2, 0) is 14.3 Å². The molecule has 26 heavy (non-hydrogen) atoms. The average molecular weight is 393 g/mol. The Labute approximate surface area is 162 Å². The number of carbonyl (C=O) groups is 2. The molecule has 0 spiro atoms. The molecule has 1 aromatic rings. The molecule has 0 N–H and O–H groups in total. The smallest absolute Gasteiger partial charge is 0.338 e. The number of hydrogen-bond donors (Lipinski definition) is 0. The number of fused-ring (bicyclic) bond motifs is 1. The van der Waals surface area contributed by atoms with Crippen molar-refractivity contribution >= 4 is 40.4 Å². The SMILES string of the molecule is CCC1SC2=NC(C)=C(C(=O)OC(C)C)C(c3cccc(Cl)c3)N2C1=O. The van der Waals surface area contributed by atoms with Crippen LogP contribution in [0.15, 0.2) is 40.5 Å². The fraction of sp³-hybridized carbons (Fsp3) is 0.421. The van der Waals surface area contributed by atoms with E-state index >= 15 is 0 Å². The fourth-order valence-electron chi connectivity index (χ4n) is 3.12. The van der Waals surface area contributed by atoms with Gasteiger partial charge >= 0.3 is 5.97 Å². The lowest BCUT2D eigenvalue weighted by atomic mass is 9.94. The second-order valence-electron chi connectivity index (χ2n) is 6.53. The van der Waals surface area contributed by atoms with Gasteiger partial charge in [0.25, 0.3) is 0 Å². The number of esters is 1. The van der Waals surface area contributed by atoms with Crippen LogP contribution >= 0.6 is 23.4 Å². The van der Waals surface area contributed by atoms with Crippen molar-refractivity contribution in [3.63, 3.8) is 0 Å². The summed E-state index contributed by atoms with van der Waals surface area (Å²) in [4.78, 5) is 31.9. The number of ether oxygens (including phenoxy) is 1. The first-order chi connectivity index (χ1) is 12.3. The number of amides is 1. The molecular formula is C19H21ClN2O3S. The minimum Gasteiger partial charge on any atom is -0.459 e. The van der Waals surface area contributed by atoms with Crippen LogP contribution in [0.2, 0.25) is 5.02 Å². The van der Waals surface area contributed by atoms with Gasteiger partial charge in [0.1, 0.15) is 0 Å². The zero-order chi connectivity index (χ0) is 19.0. The topological polar surface area (TPSA) is 59.0 Å². The van der Waals surface area contributed by atoms with Gasteiger partial charge in [-0.1, -0.05) is 42.4 Å². The van der Waals surface area contributed by atoms with E-state index in [2.05, 4.69) is 4.99 Å². The highest BCUT2D eigenvalue weighted by Crippen LogP contribution is 2.44. The Balaban J connectivity index is 2.13. The minimum absolute atomic E-state index is 0.0384. The van der Waals surface area contributed by atoms with Gasteiger partial charge < -0.3 is 4.74 Å². The molecule has 0 radical (unpaired) electrons. The maximum Gasteiger partial charge on any atom is 0.338 e. The first-order valence-corrected chi connectivity index (χ1v) is 9.84. The molecule has 5 nitrogen and oxygen atoms in total. The summed E-state index contributed by atoms with van der Waals surface area (Å²) >= 11 is 7.62. The molecule has 1 fully saturated rings. The summed E-state index contributed by atoms with van der Waals surface area (Å²) in [5.74, 6) is -0.494. The Morgan fingerprint density at radius 2 is 2.15 bits per heavy atom. The maximum absolute atomic E-state index is 13.0. The predicted octanol–water partition coefficient (Wildman–Crippen LogP) is 4.33. The summed E-state index contributed by atoms with van der Waals surface area (Å²) in [7, 11) is 0. The molecular weight excluding hydrogens is 372 g/mol. The molecule has 0 aliphatic carbocycles. The van der Waals surface area contributed by atoms with Crippen molar-refractivity contribution in [2.75, 3.05) is 0 Å². The molecule has 2 heterocycles. The number of hydrogen-bond acceptors (Lipinski definition) is 5. The first kappa shape index (κ1) is 19.0. The van der Waals surface area contributed by atoms with Gasteiger partial charge in [-0.25, -0.2) is 9.79 Å². The largest absolute Gasteiger partial charge is 0.459 e. The van der Waals surface area contributed by atoms with E-state index in [1.807, 2.05) is 19.1 Å². The van der Waals surface area contributed by atoms with E-state index in [-0.39, 0.29) is 17.3 Å². The van der Waals surface area contributed by atoms with Gasteiger partial charge in [-0.05, 0) is 44.9 Å². The lowest BCUT2D eigenvalue weighted by Gasteiger charge is -2.33. The zero-order valence-electron chi connectivity index (χ0n) is 15.2. The zero-order valence-corrected chi connectivity index (χ0v) is 16.7. The van der Waals surface area contributed by atoms with Gasteiger partial charge in [0.05, 0.1) is 28.7 Å². The molecule has 1 saturated heterocycles. The van der Waals surface area contributed by atoms with E-state index < -0.39 is 12.0 Å². The normalized spacial score (nSPS) is 22.6. The fourth-order valence-corrected chi connectivity index (χ4v) is 4.45. The lowest BCUT2D eigenvalue weighted by Crippen LogP contribution is -2.41. The average Bonchev–Trinajstić information content (AvgIpc) is 2.88. The van der Waals surface area contributed by atoms with E-state index in [1.54, 1.807) is 37.8 Å². The number of halogens is 1. The highest BCUT2D eigenvalue weighted by atomic mass is 35.5. The van der Waals surface area contributed by atoms with Gasteiger partial charge in [-0.15, -0.1) is 0 Å². The number of benzene rings is 1. The first-order valence-electron chi connectivity index (χ1n) is 8.59. The van der Waals surface area contributed by atoms with Crippen LogP contribution in [0.1, 0.15) is 45.7 Å². The lowest BCUT2D eigenvalue weighted by molar-refractivity contribution is -0.143. The molecule has 0 bridgehead atoms. The van der Waals surface area contributed by atoms with E-state index in [9.17, 15) is 9.59 Å². The second kappa shape index (κ2) is 7.45. The van der Waals surface area contributed by atoms with Crippen LogP contribution in [0.5, 0.6) is 0 Å². The number of carbonyl (C=O) groups excluding carboxylic acids is 2. The van der Waals surface area contributed by atoms with Crippen molar-refractivity contribution in [2.45, 2.75) is 51.5 Å². The molecule has 2 aliphatic heterocycles. The summed E-state index contributed by atoms with van der Waals surface area (Å²) in [5, 5.41) is 0.987. The Kier molecular flexibility index (Phi) is 5.44. The molecule has 0 aromatic heterocycles. The third-order valence-electron chi connectivity index (χ3n) is 4.25. The predicted molar refractivity (Wildman–Crippen MR) is 104 cm³/mol. The number of amidine groups is 1. The van der Waals surface area contributed by atoms with Crippen LogP contribution in [0.3, 0.4) is 0 Å². The molecule has 2 aliphatic rings. The summed E-state index contributed by atoms with van der Waals surface area (Å²) in [6.07, 6.45) is 0.437. The second-order valence-corrected chi connectivity index (χ2v) is 8.13. The van der Waals surface area contributed by atoms with Gasteiger partial charge in [0.2, 0.25) is 5.91 Å². The van der Waals surface area contributed by atoms with Crippen molar-refractivity contribution < 1.29 is 14.3 Å². The molecule has 3 rings (SSSR count). The Morgan fingerprint density at radius 3 is 2.77 bits per heavy atom. The summed E-state index contributed by atoms with van der Waals surface area (Å²) in [6.45, 7) is 7.34. The van der Waals surface area contributed by atoms with Crippen LogP contribution in [-0.4, -0.2) is 33.3 Å². The van der Waals surface area contributed by atoms with Crippen LogP contribution < -0.4 is 0 Å². The van der Waals surface area contributed by atoms with Gasteiger partial charge in [-0.3, -0.25) is 9.69 Å². The quantitative estimate of drug-likeness (QED) is 0.715. The van der Waals surface area contributed by atoms with Gasteiger partial charge in [0, 0.05) is 5.02 Å². The van der Waals surface area contributed by atoms with E-state index in [4.69, 9.17) is 16.3 Å². The van der Waals surface area contributed by atoms with Crippen LogP contribution in [0.25, 0.3) is 0 Å². The summed E-state index contributed by atoms with van der Waals surface area (Å²) < 4.78 is 5.44. The molecule has 1 amide bonds. The maximum atomic E-state index is 13.0. The monoisotopic (exact) mass is 392 g/mol. The highest BCUT2D eigenvalue weighted by molar-refractivity contribution is 8.15. The van der Waals surface area contributed by atoms with Crippen LogP contribution in [0, 0.1) is 0 Å². The van der Waals surface area contributed by atoms with Gasteiger partial charge in [-0.2, -0.15) is 0 Å². The number of thioether (sulfide) groups is 1. The molecule has 2 atom stereocenters. The number of rotatable bonds is 4. The van der Waals surface area contributed by atoms with E-state index in [0.29, 0.717) is 27.9 Å². The Bertz CT molecular complexity index is 819. The Morgan fingerprint density at radius 1 is 1.42 bits per heavy atom. The van der Waals surface area contributed by atoms with E-state index in [0.717, 1.165) is 5.56 Å². The summed E-state index contributed by atoms with van der Waals surface area (Å²) in [5.41, 5.74) is 1.73. The van der Waals surface area contributed by atoms with Crippen molar-refractivity contribution in [1.29, 1.82) is 0 Å². The Hall–Kier alpha value is -1.79. The number of allylic oxidation sites excluding steroid dienone is 1. The molecule has 0 saturated carbocycles. The summed E-state index contributed by atoms with van der Waals surface area (Å²) in [6, 6.07) is 6.65. The third kappa shape index (κ3) is 3.40.